The van der Waals surface area contributed by atoms with Crippen LogP contribution in [0.2, 0.25) is 0 Å². The highest BCUT2D eigenvalue weighted by Gasteiger charge is 2.26. The van der Waals surface area contributed by atoms with Gasteiger partial charge in [0.2, 0.25) is 5.95 Å². The second-order valence-corrected chi connectivity index (χ2v) is 8.10. The molecule has 1 unspecified atom stereocenters. The number of carbonyl (C=O) groups excluding carboxylic acids is 1. The molecule has 1 saturated heterocycles. The van der Waals surface area contributed by atoms with E-state index in [2.05, 4.69) is 20.2 Å². The van der Waals surface area contributed by atoms with Crippen LogP contribution in [0.4, 0.5) is 25.3 Å². The highest BCUT2D eigenvalue weighted by molar-refractivity contribution is 5.74. The Balaban J connectivity index is 1.56. The van der Waals surface area contributed by atoms with Gasteiger partial charge in [-0.3, -0.25) is 0 Å². The van der Waals surface area contributed by atoms with Crippen LogP contribution in [-0.2, 0) is 0 Å². The fourth-order valence-electron chi connectivity index (χ4n) is 3.45. The Labute approximate surface area is 187 Å². The van der Waals surface area contributed by atoms with Crippen LogP contribution >= 0.6 is 0 Å². The fourth-order valence-corrected chi connectivity index (χ4v) is 3.45. The third kappa shape index (κ3) is 6.18. The van der Waals surface area contributed by atoms with Crippen LogP contribution < -0.4 is 19.9 Å². The van der Waals surface area contributed by atoms with E-state index in [0.29, 0.717) is 12.4 Å². The highest BCUT2D eigenvalue weighted by atomic mass is 19.3. The third-order valence-electron chi connectivity index (χ3n) is 5.28. The quantitative estimate of drug-likeness (QED) is 0.669. The number of nitrogens with one attached hydrogen (secondary N) is 1. The summed E-state index contributed by atoms with van der Waals surface area (Å²) in [5.74, 6) is 1.73. The van der Waals surface area contributed by atoms with E-state index in [1.807, 2.05) is 31.2 Å². The number of amides is 2. The molecule has 1 aromatic heterocycles. The van der Waals surface area contributed by atoms with Crippen LogP contribution in [0.1, 0.15) is 24.9 Å². The number of hydrogen-bond acceptors (Lipinski definition) is 6. The average molecular weight is 449 g/mol. The molecule has 2 aromatic rings. The summed E-state index contributed by atoms with van der Waals surface area (Å²) in [7, 11) is 4.96. The lowest BCUT2D eigenvalue weighted by Gasteiger charge is -2.21. The van der Waals surface area contributed by atoms with Crippen LogP contribution in [-0.4, -0.2) is 74.2 Å². The second-order valence-electron chi connectivity index (χ2n) is 8.10. The van der Waals surface area contributed by atoms with Gasteiger partial charge in [-0.25, -0.2) is 18.6 Å². The molecule has 8 nitrogen and oxygen atoms in total. The zero-order chi connectivity index (χ0) is 23.3. The predicted molar refractivity (Wildman–Crippen MR) is 120 cm³/mol. The molecule has 0 bridgehead atoms. The molecular formula is C22H30F2N6O2. The molecule has 2 atom stereocenters. The molecule has 0 radical (unpaired) electrons. The number of halogens is 2. The minimum Gasteiger partial charge on any atom is -0.489 e. The topological polar surface area (TPSA) is 73.8 Å². The second kappa shape index (κ2) is 10.4. The molecule has 2 heterocycles. The fraction of sp³-hybridized carbons (Fsp3) is 0.500. The van der Waals surface area contributed by atoms with Crippen LogP contribution in [0.25, 0.3) is 0 Å². The Morgan fingerprint density at radius 3 is 2.62 bits per heavy atom. The number of hydrogen-bond donors (Lipinski definition) is 1. The highest BCUT2D eigenvalue weighted by Crippen LogP contribution is 2.24. The van der Waals surface area contributed by atoms with Gasteiger partial charge in [-0.1, -0.05) is 12.1 Å². The van der Waals surface area contributed by atoms with E-state index in [9.17, 15) is 13.6 Å². The van der Waals surface area contributed by atoms with Crippen LogP contribution in [0.5, 0.6) is 5.75 Å². The maximum Gasteiger partial charge on any atom is 0.317 e. The van der Waals surface area contributed by atoms with Crippen molar-refractivity contribution in [2.24, 2.45) is 0 Å². The Hall–Kier alpha value is -3.17. The van der Waals surface area contributed by atoms with Gasteiger partial charge < -0.3 is 24.8 Å². The lowest BCUT2D eigenvalue weighted by molar-refractivity contribution is 0.156. The minimum absolute atomic E-state index is 0.0103. The van der Waals surface area contributed by atoms with Crippen LogP contribution in [0, 0.1) is 0 Å². The predicted octanol–water partition coefficient (Wildman–Crippen LogP) is 3.17. The molecule has 0 aliphatic carbocycles. The first-order valence-corrected chi connectivity index (χ1v) is 10.5. The van der Waals surface area contributed by atoms with Crippen molar-refractivity contribution in [3.05, 3.63) is 42.1 Å². The molecule has 1 aliphatic heterocycles. The van der Waals surface area contributed by atoms with Crippen molar-refractivity contribution >= 4 is 17.8 Å². The van der Waals surface area contributed by atoms with Gasteiger partial charge in [0.15, 0.2) is 0 Å². The van der Waals surface area contributed by atoms with Crippen molar-refractivity contribution in [3.8, 4) is 5.75 Å². The number of anilines is 2. The van der Waals surface area contributed by atoms with Crippen LogP contribution in [0.3, 0.4) is 0 Å². The number of alkyl halides is 2. The van der Waals surface area contributed by atoms with Crippen molar-refractivity contribution in [1.82, 2.24) is 20.2 Å². The lowest BCUT2D eigenvalue weighted by Crippen LogP contribution is -2.36. The van der Waals surface area contributed by atoms with Crippen molar-refractivity contribution in [3.63, 3.8) is 0 Å². The number of carbonyl (C=O) groups is 1. The average Bonchev–Trinajstić information content (AvgIpc) is 3.22. The largest absolute Gasteiger partial charge is 0.489 e. The van der Waals surface area contributed by atoms with E-state index in [1.165, 1.54) is 9.80 Å². The van der Waals surface area contributed by atoms with Gasteiger partial charge in [0.1, 0.15) is 17.7 Å². The molecule has 1 N–H and O–H groups in total. The van der Waals surface area contributed by atoms with E-state index in [4.69, 9.17) is 4.74 Å². The number of urea groups is 1. The number of ether oxygens (including phenoxy) is 1. The minimum atomic E-state index is -2.45. The Morgan fingerprint density at radius 1 is 1.25 bits per heavy atom. The Kier molecular flexibility index (Phi) is 7.66. The molecule has 2 amide bonds. The molecule has 1 aliphatic rings. The molecule has 32 heavy (non-hydrogen) atoms. The number of rotatable bonds is 8. The molecule has 10 heteroatoms. The number of aromatic nitrogens is 2. The summed E-state index contributed by atoms with van der Waals surface area (Å²) in [4.78, 5) is 25.3. The van der Waals surface area contributed by atoms with Crippen molar-refractivity contribution < 1.29 is 18.3 Å². The zero-order valence-electron chi connectivity index (χ0n) is 18.8. The standard InChI is InChI=1S/C22H30F2N6O2/c1-15(26-22(31)28(2)3)16-5-7-17(8-6-16)32-18-10-12-30(13-18)20-9-11-25-21(27-20)29(4)14-19(23)24/h5-9,11,15,18-19H,10,12-14H2,1-4H3,(H,26,31)/t15-,18?/m0/s1. The van der Waals surface area contributed by atoms with Gasteiger partial charge in [0, 0.05) is 40.3 Å². The zero-order valence-corrected chi connectivity index (χ0v) is 18.8. The maximum absolute atomic E-state index is 12.6. The first-order chi connectivity index (χ1) is 15.2. The van der Waals surface area contributed by atoms with Crippen LogP contribution in [0.15, 0.2) is 36.5 Å². The summed E-state index contributed by atoms with van der Waals surface area (Å²) < 4.78 is 31.4. The Morgan fingerprint density at radius 2 is 1.97 bits per heavy atom. The smallest absolute Gasteiger partial charge is 0.317 e. The summed E-state index contributed by atoms with van der Waals surface area (Å²) in [5.41, 5.74) is 0.988. The number of nitrogens with zero attached hydrogens (tertiary/aromatic N) is 5. The van der Waals surface area contributed by atoms with Gasteiger partial charge in [-0.2, -0.15) is 4.98 Å². The molecule has 0 spiro atoms. The molecular weight excluding hydrogens is 418 g/mol. The SMILES string of the molecule is C[C@H](NC(=O)N(C)C)c1ccc(OC2CCN(c3ccnc(N(C)CC(F)F)n3)C2)cc1. The van der Waals surface area contributed by atoms with E-state index in [-0.39, 0.29) is 24.1 Å². The van der Waals surface area contributed by atoms with Gasteiger partial charge in [0.25, 0.3) is 6.43 Å². The van der Waals surface area contributed by atoms with Crippen molar-refractivity contribution in [2.75, 3.05) is 50.6 Å². The summed E-state index contributed by atoms with van der Waals surface area (Å²) in [6, 6.07) is 9.21. The number of benzene rings is 1. The normalized spacial score (nSPS) is 16.7. The summed E-state index contributed by atoms with van der Waals surface area (Å²) in [6.45, 7) is 2.92. The molecule has 0 saturated carbocycles. The Bertz CT molecular complexity index is 896. The van der Waals surface area contributed by atoms with E-state index in [1.54, 1.807) is 33.4 Å². The van der Waals surface area contributed by atoms with Crippen molar-refractivity contribution in [1.29, 1.82) is 0 Å². The van der Waals surface area contributed by atoms with Gasteiger partial charge in [0.05, 0.1) is 19.1 Å². The summed E-state index contributed by atoms with van der Waals surface area (Å²) in [6.07, 6.45) is -0.0501. The molecule has 174 valence electrons. The van der Waals surface area contributed by atoms with E-state index in [0.717, 1.165) is 24.3 Å². The first-order valence-electron chi connectivity index (χ1n) is 10.5. The molecule has 1 aromatic carbocycles. The van der Waals surface area contributed by atoms with Gasteiger partial charge >= 0.3 is 6.03 Å². The van der Waals surface area contributed by atoms with E-state index >= 15 is 0 Å². The third-order valence-corrected chi connectivity index (χ3v) is 5.28. The summed E-state index contributed by atoms with van der Waals surface area (Å²) >= 11 is 0. The van der Waals surface area contributed by atoms with Gasteiger partial charge in [-0.05, 0) is 30.7 Å². The van der Waals surface area contributed by atoms with Gasteiger partial charge in [-0.15, -0.1) is 0 Å². The molecule has 3 rings (SSSR count). The first kappa shape index (κ1) is 23.5. The maximum atomic E-state index is 12.6. The van der Waals surface area contributed by atoms with E-state index < -0.39 is 13.0 Å². The van der Waals surface area contributed by atoms with Crippen molar-refractivity contribution in [2.45, 2.75) is 31.9 Å². The summed E-state index contributed by atoms with van der Waals surface area (Å²) in [5, 5.41) is 2.92. The monoisotopic (exact) mass is 448 g/mol. The molecule has 1 fully saturated rings. The lowest BCUT2D eigenvalue weighted by atomic mass is 10.1.